The minimum absolute atomic E-state index is 0.0220. The van der Waals surface area contributed by atoms with Crippen molar-refractivity contribution in [2.24, 2.45) is 34.8 Å². The maximum Gasteiger partial charge on any atom is 0.243 e. The second kappa shape index (κ2) is 29.7. The van der Waals surface area contributed by atoms with Crippen LogP contribution in [0.4, 0.5) is 0 Å². The van der Waals surface area contributed by atoms with Gasteiger partial charge < -0.3 is 75.1 Å². The average molecular weight is 1050 g/mol. The minimum Gasteiger partial charge on any atom is -0.508 e. The van der Waals surface area contributed by atoms with Crippen LogP contribution in [0.1, 0.15) is 78.2 Å². The zero-order valence-corrected chi connectivity index (χ0v) is 42.7. The number of hydrogen-bond donors (Lipinski definition) is 13. The number of amides is 10. The van der Waals surface area contributed by atoms with Crippen molar-refractivity contribution in [3.63, 3.8) is 0 Å². The van der Waals surface area contributed by atoms with Crippen LogP contribution >= 0.6 is 21.6 Å². The first-order chi connectivity index (χ1) is 34.0. The summed E-state index contributed by atoms with van der Waals surface area (Å²) in [6.07, 6.45) is -0.459. The highest BCUT2D eigenvalue weighted by Crippen LogP contribution is 2.39. The van der Waals surface area contributed by atoms with Gasteiger partial charge in [-0.15, -0.1) is 0 Å². The lowest BCUT2D eigenvalue weighted by atomic mass is 9.96. The van der Waals surface area contributed by atoms with E-state index < -0.39 is 139 Å². The summed E-state index contributed by atoms with van der Waals surface area (Å²) in [5.74, 6) is -9.00. The number of phenols is 1. The summed E-state index contributed by atoms with van der Waals surface area (Å²) < 4.78 is 6.10. The van der Waals surface area contributed by atoms with Gasteiger partial charge in [-0.25, -0.2) is 0 Å². The number of carbonyl (C=O) groups is 10. The van der Waals surface area contributed by atoms with Gasteiger partial charge in [0.2, 0.25) is 59.1 Å². The number of aromatic hydroxyl groups is 1. The van der Waals surface area contributed by atoms with Crippen LogP contribution in [0.3, 0.4) is 0 Å². The Morgan fingerprint density at radius 3 is 2.01 bits per heavy atom. The van der Waals surface area contributed by atoms with Gasteiger partial charge in [0.15, 0.2) is 5.72 Å². The molecule has 2 aliphatic rings. The summed E-state index contributed by atoms with van der Waals surface area (Å²) in [5, 5.41) is 38.0. The van der Waals surface area contributed by atoms with Gasteiger partial charge in [-0.2, -0.15) is 0 Å². The van der Waals surface area contributed by atoms with Gasteiger partial charge in [0.05, 0.1) is 38.2 Å². The molecule has 9 atom stereocenters. The molecule has 0 bridgehead atoms. The summed E-state index contributed by atoms with van der Waals surface area (Å²) in [4.78, 5) is 135. The van der Waals surface area contributed by atoms with Gasteiger partial charge in [0, 0.05) is 37.5 Å². The van der Waals surface area contributed by atoms with Gasteiger partial charge >= 0.3 is 0 Å². The van der Waals surface area contributed by atoms with Crippen molar-refractivity contribution in [2.45, 2.75) is 127 Å². The van der Waals surface area contributed by atoms with Gasteiger partial charge in [-0.05, 0) is 55.2 Å². The first kappa shape index (κ1) is 60.6. The second-order valence-electron chi connectivity index (χ2n) is 18.3. The lowest BCUT2D eigenvalue weighted by Gasteiger charge is -2.36. The number of carbonyl (C=O) groups excluding carboxylic acids is 10. The van der Waals surface area contributed by atoms with E-state index in [0.717, 1.165) is 21.6 Å². The van der Waals surface area contributed by atoms with Crippen molar-refractivity contribution in [1.82, 2.24) is 42.1 Å². The van der Waals surface area contributed by atoms with Crippen molar-refractivity contribution in [2.75, 3.05) is 44.4 Å². The predicted molar refractivity (Wildman–Crippen MR) is 266 cm³/mol. The molecule has 2 unspecified atom stereocenters. The van der Waals surface area contributed by atoms with Crippen LogP contribution in [0.2, 0.25) is 0 Å². The highest BCUT2D eigenvalue weighted by molar-refractivity contribution is 8.76. The molecule has 10 amide bonds. The van der Waals surface area contributed by atoms with Crippen LogP contribution < -0.4 is 60.2 Å². The molecule has 3 rings (SSSR count). The number of hydrogen-bond acceptors (Lipinski definition) is 17. The van der Waals surface area contributed by atoms with Crippen molar-refractivity contribution >= 4 is 80.7 Å². The average Bonchev–Trinajstić information content (AvgIpc) is 4.12. The van der Waals surface area contributed by atoms with Crippen molar-refractivity contribution in [3.05, 3.63) is 29.8 Å². The predicted octanol–water partition coefficient (Wildman–Crippen LogP) is -3.80. The Balaban J connectivity index is 2.11. The maximum absolute atomic E-state index is 14.4. The standard InChI is InChI=1S/C45H72N12O13S2/c1-5-25(4)38-44(69)52-29(12-13-34(47)60)41(66)54-32(18-35(48)61)42(67)55-33(22-72-71-21-28(46)39(64)53-31(43(68)56-38)17-26-8-10-27(59)11-9-26)45(23-70-45)57(14-6-7-15-58)20-37(63)51-30(16-24(2)3)40(65)50-19-36(49)62/h8-11,24-25,28-33,38,58-59H,5-7,12-23,46H2,1-4H3,(H2,47,60)(H2,48,61)(H2,49,62)(H,50,65)(H,51,63)(H,52,69)(H,53,64)(H,54,66)(H,55,67)(H,56,68)/t25?,28-,29-,30-,31-,32-,33-,38-,45?/m0/s1. The molecule has 2 fully saturated rings. The highest BCUT2D eigenvalue weighted by Gasteiger charge is 2.57. The lowest BCUT2D eigenvalue weighted by molar-refractivity contribution is -0.136. The fraction of sp³-hybridized carbons (Fsp3) is 0.644. The van der Waals surface area contributed by atoms with Gasteiger partial charge in [-0.3, -0.25) is 52.8 Å². The van der Waals surface area contributed by atoms with Crippen LogP contribution in [0.15, 0.2) is 24.3 Å². The molecule has 72 heavy (non-hydrogen) atoms. The largest absolute Gasteiger partial charge is 0.508 e. The Labute approximate surface area is 426 Å². The third-order valence-electron chi connectivity index (χ3n) is 11.9. The third kappa shape index (κ3) is 20.0. The van der Waals surface area contributed by atoms with Gasteiger partial charge in [-0.1, -0.05) is 67.8 Å². The minimum atomic E-state index is -1.69. The molecule has 1 aromatic rings. The normalized spacial score (nSPS) is 24.6. The number of rotatable bonds is 23. The fourth-order valence-electron chi connectivity index (χ4n) is 7.59. The molecular formula is C45H72N12O13S2. The molecule has 0 aliphatic carbocycles. The summed E-state index contributed by atoms with van der Waals surface area (Å²) in [5.41, 5.74) is 21.7. The number of benzene rings is 1. The van der Waals surface area contributed by atoms with E-state index >= 15 is 0 Å². The number of nitrogens with one attached hydrogen (secondary N) is 7. The number of nitrogens with zero attached hydrogens (tertiary/aromatic N) is 1. The topological polar surface area (TPSA) is 415 Å². The molecule has 27 heteroatoms. The van der Waals surface area contributed by atoms with Crippen molar-refractivity contribution in [1.29, 1.82) is 0 Å². The van der Waals surface area contributed by atoms with Crippen LogP contribution in [0, 0.1) is 11.8 Å². The summed E-state index contributed by atoms with van der Waals surface area (Å²) in [6.45, 7) is 6.07. The molecule has 2 saturated heterocycles. The second-order valence-corrected chi connectivity index (χ2v) is 20.8. The third-order valence-corrected chi connectivity index (χ3v) is 14.3. The molecular weight excluding hydrogens is 981 g/mol. The molecule has 25 nitrogen and oxygen atoms in total. The quantitative estimate of drug-likeness (QED) is 0.0284. The number of ether oxygens (including phenoxy) is 1. The molecule has 2 heterocycles. The van der Waals surface area contributed by atoms with E-state index in [-0.39, 0.29) is 62.2 Å². The van der Waals surface area contributed by atoms with Crippen LogP contribution in [-0.4, -0.2) is 167 Å². The summed E-state index contributed by atoms with van der Waals surface area (Å²) in [7, 11) is 2.27. The molecule has 0 radical (unpaired) electrons. The van der Waals surface area contributed by atoms with E-state index in [1.807, 2.05) is 13.8 Å². The zero-order valence-electron chi connectivity index (χ0n) is 41.1. The van der Waals surface area contributed by atoms with Crippen molar-refractivity contribution < 1.29 is 62.9 Å². The van der Waals surface area contributed by atoms with E-state index in [2.05, 4.69) is 37.2 Å². The number of aliphatic hydroxyl groups excluding tert-OH is 1. The van der Waals surface area contributed by atoms with E-state index in [0.29, 0.717) is 24.8 Å². The SMILES string of the molecule is CCC(C)[C@@H]1NC(=O)[C@H](Cc2ccc(O)cc2)NC(=O)[C@@H](N)CSSC[C@@H](C2(N(CCCCO)CC(=O)N[C@@H](CC(C)C)C(=O)NCC(N)=O)CO2)NC(=O)[C@H](CC(N)=O)NC(=O)[C@H](CCC(N)=O)NC1=O. The fourth-order valence-corrected chi connectivity index (χ4v) is 9.99. The van der Waals surface area contributed by atoms with E-state index in [4.69, 9.17) is 27.7 Å². The van der Waals surface area contributed by atoms with Gasteiger partial charge in [0.25, 0.3) is 0 Å². The Bertz CT molecular complexity index is 2070. The Morgan fingerprint density at radius 1 is 0.819 bits per heavy atom. The highest BCUT2D eigenvalue weighted by atomic mass is 33.1. The van der Waals surface area contributed by atoms with E-state index in [1.165, 1.54) is 12.1 Å². The maximum atomic E-state index is 14.4. The Kier molecular flexibility index (Phi) is 25.0. The Hall–Kier alpha value is -5.74. The molecule has 2 aliphatic heterocycles. The molecule has 0 saturated carbocycles. The number of primary amides is 3. The van der Waals surface area contributed by atoms with Crippen LogP contribution in [0.5, 0.6) is 5.75 Å². The lowest BCUT2D eigenvalue weighted by Crippen LogP contribution is -2.63. The molecule has 0 spiro atoms. The number of nitrogens with two attached hydrogens (primary N) is 4. The van der Waals surface area contributed by atoms with E-state index in [9.17, 15) is 58.2 Å². The monoisotopic (exact) mass is 1050 g/mol. The number of aliphatic hydroxyl groups is 1. The smallest absolute Gasteiger partial charge is 0.243 e. The molecule has 17 N–H and O–H groups in total. The summed E-state index contributed by atoms with van der Waals surface area (Å²) >= 11 is 0. The van der Waals surface area contributed by atoms with Crippen molar-refractivity contribution in [3.8, 4) is 5.75 Å². The van der Waals surface area contributed by atoms with E-state index in [1.54, 1.807) is 30.9 Å². The summed E-state index contributed by atoms with van der Waals surface area (Å²) in [6, 6.07) is -3.33. The van der Waals surface area contributed by atoms with Crippen LogP contribution in [-0.2, 0) is 59.1 Å². The first-order valence-corrected chi connectivity index (χ1v) is 26.2. The number of unbranched alkanes of at least 4 members (excludes halogenated alkanes) is 1. The molecule has 0 aromatic heterocycles. The van der Waals surface area contributed by atoms with Gasteiger partial charge in [0.1, 0.15) is 36.0 Å². The number of epoxide rings is 1. The molecule has 1 aromatic carbocycles. The number of phenolic OH excluding ortho intramolecular Hbond substituents is 1. The van der Waals surface area contributed by atoms with Crippen LogP contribution in [0.25, 0.3) is 0 Å². The Morgan fingerprint density at radius 2 is 1.43 bits per heavy atom. The molecule has 402 valence electrons. The first-order valence-electron chi connectivity index (χ1n) is 23.7. The zero-order chi connectivity index (χ0) is 53.7.